The van der Waals surface area contributed by atoms with Crippen molar-refractivity contribution in [1.29, 1.82) is 0 Å². The smallest absolute Gasteiger partial charge is 0.256 e. The van der Waals surface area contributed by atoms with Gasteiger partial charge in [0.25, 0.3) is 4.60 Å². The summed E-state index contributed by atoms with van der Waals surface area (Å²) in [5.41, 5.74) is 0.513. The molecule has 0 amide bonds. The summed E-state index contributed by atoms with van der Waals surface area (Å²) in [5, 5.41) is 18.8. The van der Waals surface area contributed by atoms with Gasteiger partial charge in [0.1, 0.15) is 5.21 Å². The fraction of sp³-hybridized carbons (Fsp3) is 0. The summed E-state index contributed by atoms with van der Waals surface area (Å²) in [4.78, 5) is 0.500. The van der Waals surface area contributed by atoms with E-state index in [1.54, 1.807) is 12.1 Å². The lowest BCUT2D eigenvalue weighted by atomic mass is 10.2. The van der Waals surface area contributed by atoms with Gasteiger partial charge in [0.2, 0.25) is 0 Å². The zero-order valence-electron chi connectivity index (χ0n) is 5.94. The molecule has 0 aliphatic rings. The van der Waals surface area contributed by atoms with Crippen LogP contribution >= 0.6 is 15.9 Å². The molecule has 1 aromatic heterocycles. The van der Waals surface area contributed by atoms with Crippen LogP contribution in [0.1, 0.15) is 0 Å². The van der Waals surface area contributed by atoms with E-state index in [0.29, 0.717) is 15.0 Å². The second-order valence-corrected chi connectivity index (χ2v) is 3.02. The Labute approximate surface area is 76.5 Å². The molecule has 12 heavy (non-hydrogen) atoms. The highest BCUT2D eigenvalue weighted by Gasteiger charge is 2.08. The number of nitrogens with zero attached hydrogens (tertiary/aromatic N) is 3. The molecule has 0 aliphatic carbocycles. The molecule has 0 unspecified atom stereocenters. The number of aromatic nitrogens is 3. The van der Waals surface area contributed by atoms with Crippen molar-refractivity contribution in [1.82, 2.24) is 10.3 Å². The standard InChI is InChI=1S/C7H4BrN3O/c8-7-5-3-1-2-4-6(5)11(12)10-9-7/h1-4H. The molecule has 60 valence electrons. The van der Waals surface area contributed by atoms with Crippen LogP contribution in [0.4, 0.5) is 0 Å². The Morgan fingerprint density at radius 1 is 1.33 bits per heavy atom. The van der Waals surface area contributed by atoms with E-state index in [4.69, 9.17) is 0 Å². The van der Waals surface area contributed by atoms with Crippen molar-refractivity contribution in [2.75, 3.05) is 0 Å². The molecule has 0 atom stereocenters. The zero-order chi connectivity index (χ0) is 8.55. The fourth-order valence-corrected chi connectivity index (χ4v) is 1.40. The summed E-state index contributed by atoms with van der Waals surface area (Å²) < 4.78 is 0.588. The van der Waals surface area contributed by atoms with E-state index >= 15 is 0 Å². The number of fused-ring (bicyclic) bond motifs is 1. The quantitative estimate of drug-likeness (QED) is 0.497. The fourth-order valence-electron chi connectivity index (χ4n) is 0.997. The van der Waals surface area contributed by atoms with E-state index in [2.05, 4.69) is 26.2 Å². The molecule has 0 bridgehead atoms. The molecular formula is C7H4BrN3O. The van der Waals surface area contributed by atoms with Crippen LogP contribution < -0.4 is 4.85 Å². The first-order valence-corrected chi connectivity index (χ1v) is 4.09. The molecule has 1 heterocycles. The van der Waals surface area contributed by atoms with Gasteiger partial charge >= 0.3 is 0 Å². The van der Waals surface area contributed by atoms with Gasteiger partial charge in [-0.15, -0.1) is 4.85 Å². The van der Waals surface area contributed by atoms with Crippen molar-refractivity contribution in [3.05, 3.63) is 34.1 Å². The van der Waals surface area contributed by atoms with Gasteiger partial charge in [0, 0.05) is 15.9 Å². The molecule has 2 rings (SSSR count). The minimum atomic E-state index is 0.500. The first kappa shape index (κ1) is 7.42. The van der Waals surface area contributed by atoms with E-state index in [-0.39, 0.29) is 0 Å². The van der Waals surface area contributed by atoms with Gasteiger partial charge in [-0.3, -0.25) is 0 Å². The minimum absolute atomic E-state index is 0.500. The van der Waals surface area contributed by atoms with Crippen LogP contribution in [0.2, 0.25) is 0 Å². The van der Waals surface area contributed by atoms with Crippen LogP contribution in [0.25, 0.3) is 10.9 Å². The van der Waals surface area contributed by atoms with Gasteiger partial charge in [-0.1, -0.05) is 12.1 Å². The summed E-state index contributed by atoms with van der Waals surface area (Å²) in [6.45, 7) is 0. The molecule has 5 heteroatoms. The van der Waals surface area contributed by atoms with Crippen LogP contribution in [0.3, 0.4) is 0 Å². The monoisotopic (exact) mass is 225 g/mol. The lowest BCUT2D eigenvalue weighted by Gasteiger charge is -2.00. The molecular weight excluding hydrogens is 222 g/mol. The molecule has 0 saturated heterocycles. The summed E-state index contributed by atoms with van der Waals surface area (Å²) >= 11 is 3.21. The highest BCUT2D eigenvalue weighted by atomic mass is 79.9. The highest BCUT2D eigenvalue weighted by Crippen LogP contribution is 2.16. The van der Waals surface area contributed by atoms with Gasteiger partial charge in [-0.2, -0.15) is 0 Å². The number of halogens is 1. The molecule has 2 aromatic rings. The van der Waals surface area contributed by atoms with Gasteiger partial charge in [-0.25, -0.2) is 0 Å². The Hall–Kier alpha value is -1.23. The van der Waals surface area contributed by atoms with E-state index in [9.17, 15) is 5.21 Å². The second-order valence-electron chi connectivity index (χ2n) is 2.27. The average molecular weight is 226 g/mol. The highest BCUT2D eigenvalue weighted by molar-refractivity contribution is 9.10. The van der Waals surface area contributed by atoms with Crippen molar-refractivity contribution in [3.63, 3.8) is 0 Å². The Kier molecular flexibility index (Phi) is 1.65. The first-order chi connectivity index (χ1) is 5.79. The van der Waals surface area contributed by atoms with E-state index in [1.807, 2.05) is 12.1 Å². The van der Waals surface area contributed by atoms with Gasteiger partial charge < -0.3 is 5.21 Å². The Morgan fingerprint density at radius 2 is 2.08 bits per heavy atom. The third-order valence-electron chi connectivity index (χ3n) is 1.55. The van der Waals surface area contributed by atoms with Crippen molar-refractivity contribution in [3.8, 4) is 0 Å². The minimum Gasteiger partial charge on any atom is -0.691 e. The summed E-state index contributed by atoms with van der Waals surface area (Å²) in [7, 11) is 0. The lowest BCUT2D eigenvalue weighted by molar-refractivity contribution is -0.649. The third-order valence-corrected chi connectivity index (χ3v) is 2.13. The summed E-state index contributed by atoms with van der Waals surface area (Å²) in [5.74, 6) is 0. The summed E-state index contributed by atoms with van der Waals surface area (Å²) in [6, 6.07) is 7.13. The van der Waals surface area contributed by atoms with Gasteiger partial charge in [-0.05, 0) is 12.1 Å². The molecule has 0 spiro atoms. The Balaban J connectivity index is 2.95. The van der Waals surface area contributed by atoms with Crippen molar-refractivity contribution in [2.45, 2.75) is 0 Å². The van der Waals surface area contributed by atoms with Crippen LogP contribution in [-0.4, -0.2) is 10.3 Å². The number of hydrogen-bond acceptors (Lipinski definition) is 3. The molecule has 0 aliphatic heterocycles. The number of para-hydroxylation sites is 1. The van der Waals surface area contributed by atoms with Crippen LogP contribution in [-0.2, 0) is 0 Å². The number of hydrogen-bond donors (Lipinski definition) is 0. The molecule has 1 aromatic carbocycles. The Morgan fingerprint density at radius 3 is 2.83 bits per heavy atom. The molecule has 4 nitrogen and oxygen atoms in total. The first-order valence-electron chi connectivity index (χ1n) is 3.30. The second kappa shape index (κ2) is 2.67. The predicted octanol–water partition coefficient (Wildman–Crippen LogP) is 1.03. The van der Waals surface area contributed by atoms with Crippen molar-refractivity contribution in [2.24, 2.45) is 0 Å². The maximum absolute atomic E-state index is 11.1. The van der Waals surface area contributed by atoms with E-state index < -0.39 is 0 Å². The van der Waals surface area contributed by atoms with Crippen LogP contribution in [0, 0.1) is 5.21 Å². The number of rotatable bonds is 0. The van der Waals surface area contributed by atoms with Crippen molar-refractivity contribution < 1.29 is 4.85 Å². The third kappa shape index (κ3) is 1.02. The van der Waals surface area contributed by atoms with E-state index in [1.165, 1.54) is 0 Å². The average Bonchev–Trinajstić information content (AvgIpc) is 2.12. The molecule has 0 fully saturated rings. The number of benzene rings is 1. The van der Waals surface area contributed by atoms with Gasteiger partial charge in [0.15, 0.2) is 5.52 Å². The molecule has 0 radical (unpaired) electrons. The van der Waals surface area contributed by atoms with Gasteiger partial charge in [0.05, 0.1) is 10.5 Å². The molecule has 0 saturated carbocycles. The largest absolute Gasteiger partial charge is 0.691 e. The van der Waals surface area contributed by atoms with Crippen LogP contribution in [0.5, 0.6) is 0 Å². The van der Waals surface area contributed by atoms with E-state index in [0.717, 1.165) is 5.39 Å². The maximum atomic E-state index is 11.1. The predicted molar refractivity (Wildman–Crippen MR) is 46.2 cm³/mol. The Bertz CT molecular complexity index is 391. The topological polar surface area (TPSA) is 52.7 Å². The molecule has 0 N–H and O–H groups in total. The summed E-state index contributed by atoms with van der Waals surface area (Å²) in [6.07, 6.45) is 0. The van der Waals surface area contributed by atoms with Crippen LogP contribution in [0.15, 0.2) is 28.9 Å². The normalized spacial score (nSPS) is 10.4. The van der Waals surface area contributed by atoms with Crippen molar-refractivity contribution >= 4 is 26.8 Å². The zero-order valence-corrected chi connectivity index (χ0v) is 7.52. The maximum Gasteiger partial charge on any atom is 0.256 e. The SMILES string of the molecule is [O-][n+]1nnc(Br)c2ccccc21. The lowest BCUT2D eigenvalue weighted by Crippen LogP contribution is -2.33.